The number of nitrogens with two attached hydrogens (primary N) is 1. The van der Waals surface area contributed by atoms with Crippen molar-refractivity contribution in [2.75, 3.05) is 12.3 Å². The number of alkyl carbamates (subject to hydrolysis) is 1. The third kappa shape index (κ3) is 7.84. The summed E-state index contributed by atoms with van der Waals surface area (Å²) in [4.78, 5) is 42.9. The summed E-state index contributed by atoms with van der Waals surface area (Å²) in [5.74, 6) is 0.576. The first-order valence-corrected chi connectivity index (χ1v) is 18.9. The number of thioether (sulfide) groups is 1. The molecule has 2 bridgehead atoms. The van der Waals surface area contributed by atoms with E-state index in [4.69, 9.17) is 25.2 Å². The number of amides is 3. The first-order valence-electron chi connectivity index (χ1n) is 17.9. The monoisotopic (exact) mass is 703 g/mol. The normalized spacial score (nSPS) is 27.4. The lowest BCUT2D eigenvalue weighted by atomic mass is 9.43. The van der Waals surface area contributed by atoms with Crippen LogP contribution in [0.25, 0.3) is 0 Å². The minimum Gasteiger partial charge on any atom is -0.445 e. The van der Waals surface area contributed by atoms with Crippen LogP contribution >= 0.6 is 11.8 Å². The SMILES string of the molecule is CC1(C)[C@@H]2C[C@H]3OB([C@@H](CCCSC(=N)N)NC(=O)[C@@H]4CCCN4C(=O)[C@@H](Cc4ccccc4)NC(=O)OCc4ccccc4)O[C@@]3(C)[C@H]1C2. The van der Waals surface area contributed by atoms with E-state index in [-0.39, 0.29) is 41.5 Å². The number of carbonyl (C=O) groups is 3. The average Bonchev–Trinajstić information content (AvgIpc) is 3.73. The molecule has 2 aromatic carbocycles. The van der Waals surface area contributed by atoms with Gasteiger partial charge in [-0.25, -0.2) is 4.79 Å². The zero-order chi connectivity index (χ0) is 35.5. The Hall–Kier alpha value is -3.55. The van der Waals surface area contributed by atoms with Crippen LogP contribution in [0.4, 0.5) is 4.79 Å². The molecule has 5 aliphatic rings. The van der Waals surface area contributed by atoms with Crippen molar-refractivity contribution in [1.82, 2.24) is 15.5 Å². The lowest BCUT2D eigenvalue weighted by Crippen LogP contribution is -2.65. The summed E-state index contributed by atoms with van der Waals surface area (Å²) in [7, 11) is -0.621. The molecule has 5 N–H and O–H groups in total. The third-order valence-electron chi connectivity index (χ3n) is 11.5. The van der Waals surface area contributed by atoms with Crippen LogP contribution < -0.4 is 16.4 Å². The second-order valence-electron chi connectivity index (χ2n) is 14.9. The van der Waals surface area contributed by atoms with Crippen LogP contribution in [0.1, 0.15) is 70.4 Å². The highest BCUT2D eigenvalue weighted by Gasteiger charge is 2.68. The molecule has 7 atom stereocenters. The topological polar surface area (TPSA) is 156 Å². The summed E-state index contributed by atoms with van der Waals surface area (Å²) < 4.78 is 18.8. The zero-order valence-corrected chi connectivity index (χ0v) is 30.1. The van der Waals surface area contributed by atoms with Gasteiger partial charge in [0.05, 0.1) is 17.6 Å². The summed E-state index contributed by atoms with van der Waals surface area (Å²) >= 11 is 1.27. The fourth-order valence-corrected chi connectivity index (χ4v) is 9.10. The molecule has 2 saturated heterocycles. The van der Waals surface area contributed by atoms with Crippen molar-refractivity contribution in [2.45, 2.75) is 102 Å². The van der Waals surface area contributed by atoms with Crippen LogP contribution in [0.3, 0.4) is 0 Å². The van der Waals surface area contributed by atoms with Gasteiger partial charge < -0.3 is 35.3 Å². The number of nitrogens with zero attached hydrogens (tertiary/aromatic N) is 1. The molecule has 3 aliphatic carbocycles. The van der Waals surface area contributed by atoms with Gasteiger partial charge in [-0.1, -0.05) is 86.3 Å². The van der Waals surface area contributed by atoms with Crippen LogP contribution in [-0.4, -0.2) is 77.1 Å². The molecule has 0 unspecified atom stereocenters. The molecule has 13 heteroatoms. The van der Waals surface area contributed by atoms with Crippen molar-refractivity contribution < 1.29 is 28.4 Å². The molecule has 2 heterocycles. The average molecular weight is 704 g/mol. The Labute approximate surface area is 299 Å². The highest BCUT2D eigenvalue weighted by atomic mass is 32.2. The predicted octanol–water partition coefficient (Wildman–Crippen LogP) is 4.67. The largest absolute Gasteiger partial charge is 0.481 e. The maximum absolute atomic E-state index is 14.2. The molecule has 3 amide bonds. The Balaban J connectivity index is 1.14. The third-order valence-corrected chi connectivity index (χ3v) is 12.3. The lowest BCUT2D eigenvalue weighted by Gasteiger charge is -2.64. The van der Waals surface area contributed by atoms with E-state index in [1.807, 2.05) is 60.7 Å². The Morgan fingerprint density at radius 1 is 1.06 bits per heavy atom. The summed E-state index contributed by atoms with van der Waals surface area (Å²) in [5.41, 5.74) is 7.05. The van der Waals surface area contributed by atoms with E-state index in [0.717, 1.165) is 24.0 Å². The first-order chi connectivity index (χ1) is 24.0. The molecule has 11 nitrogen and oxygen atoms in total. The van der Waals surface area contributed by atoms with Crippen LogP contribution in [0.2, 0.25) is 0 Å². The molecule has 50 heavy (non-hydrogen) atoms. The van der Waals surface area contributed by atoms with Gasteiger partial charge in [0.25, 0.3) is 0 Å². The number of hydrogen-bond donors (Lipinski definition) is 4. The molecule has 0 aromatic heterocycles. The summed E-state index contributed by atoms with van der Waals surface area (Å²) in [6, 6.07) is 17.2. The van der Waals surface area contributed by atoms with E-state index >= 15 is 0 Å². The number of carbonyl (C=O) groups excluding carboxylic acids is 3. The van der Waals surface area contributed by atoms with E-state index < -0.39 is 36.8 Å². The fourth-order valence-electron chi connectivity index (χ4n) is 8.57. The smallest absolute Gasteiger partial charge is 0.445 e. The van der Waals surface area contributed by atoms with Gasteiger partial charge in [-0.05, 0) is 73.8 Å². The summed E-state index contributed by atoms with van der Waals surface area (Å²) in [5, 5.41) is 13.7. The van der Waals surface area contributed by atoms with Gasteiger partial charge in [-0.15, -0.1) is 0 Å². The van der Waals surface area contributed by atoms with Crippen molar-refractivity contribution in [2.24, 2.45) is 23.0 Å². The maximum Gasteiger partial charge on any atom is 0.481 e. The van der Waals surface area contributed by atoms with E-state index in [0.29, 0.717) is 49.8 Å². The molecule has 7 rings (SSSR count). The predicted molar refractivity (Wildman–Crippen MR) is 194 cm³/mol. The number of likely N-dealkylation sites (tertiary alicyclic amines) is 1. The highest BCUT2D eigenvalue weighted by Crippen LogP contribution is 2.65. The number of nitrogens with one attached hydrogen (secondary N) is 3. The minimum atomic E-state index is -0.923. The van der Waals surface area contributed by atoms with Gasteiger partial charge in [0, 0.05) is 18.7 Å². The van der Waals surface area contributed by atoms with E-state index in [1.165, 1.54) is 11.8 Å². The van der Waals surface area contributed by atoms with Crippen LogP contribution in [0.15, 0.2) is 60.7 Å². The van der Waals surface area contributed by atoms with Crippen LogP contribution in [-0.2, 0) is 36.7 Å². The molecule has 0 spiro atoms. The fraction of sp³-hybridized carbons (Fsp3) is 0.568. The maximum atomic E-state index is 14.2. The van der Waals surface area contributed by atoms with Crippen molar-refractivity contribution in [1.29, 1.82) is 5.41 Å². The van der Waals surface area contributed by atoms with Crippen molar-refractivity contribution in [3.05, 3.63) is 71.8 Å². The molecule has 268 valence electrons. The van der Waals surface area contributed by atoms with E-state index in [9.17, 15) is 14.4 Å². The molecule has 3 saturated carbocycles. The van der Waals surface area contributed by atoms with Gasteiger partial charge in [0.15, 0.2) is 5.17 Å². The Morgan fingerprint density at radius 2 is 1.76 bits per heavy atom. The molecular weight excluding hydrogens is 653 g/mol. The van der Waals surface area contributed by atoms with Crippen molar-refractivity contribution in [3.63, 3.8) is 0 Å². The Kier molecular flexibility index (Phi) is 11.1. The van der Waals surface area contributed by atoms with Gasteiger partial charge in [-0.2, -0.15) is 0 Å². The van der Waals surface area contributed by atoms with E-state index in [2.05, 4.69) is 31.4 Å². The molecule has 2 aromatic rings. The van der Waals surface area contributed by atoms with Crippen molar-refractivity contribution >= 4 is 42.0 Å². The molecule has 0 radical (unpaired) electrons. The van der Waals surface area contributed by atoms with Gasteiger partial charge in [-0.3, -0.25) is 15.0 Å². The quantitative estimate of drug-likeness (QED) is 0.102. The summed E-state index contributed by atoms with van der Waals surface area (Å²) in [6.45, 7) is 7.27. The molecule has 5 fully saturated rings. The number of amidine groups is 1. The second kappa shape index (κ2) is 15.4. The first kappa shape index (κ1) is 36.3. The molecule has 2 aliphatic heterocycles. The highest BCUT2D eigenvalue weighted by molar-refractivity contribution is 8.13. The van der Waals surface area contributed by atoms with Gasteiger partial charge in [0.1, 0.15) is 18.7 Å². The number of hydrogen-bond acceptors (Lipinski definition) is 8. The second-order valence-corrected chi connectivity index (χ2v) is 16.1. The number of benzene rings is 2. The Bertz CT molecular complexity index is 1530. The van der Waals surface area contributed by atoms with Crippen LogP contribution in [0.5, 0.6) is 0 Å². The van der Waals surface area contributed by atoms with Gasteiger partial charge in [0.2, 0.25) is 11.8 Å². The molecular formula is C37H50BN5O6S. The van der Waals surface area contributed by atoms with Gasteiger partial charge >= 0.3 is 13.2 Å². The van der Waals surface area contributed by atoms with E-state index in [1.54, 1.807) is 4.90 Å². The minimum absolute atomic E-state index is 0.0358. The van der Waals surface area contributed by atoms with Crippen LogP contribution in [0, 0.1) is 22.7 Å². The number of rotatable bonds is 13. The lowest BCUT2D eigenvalue weighted by molar-refractivity contribution is -0.199. The standard InChI is InChI=1S/C37H50BN5O6S/c1-36(2)26-21-29(36)37(3)30(22-26)48-38(49-37)31(17-11-19-50-34(39)40)42-32(44)28-16-10-18-43(28)33(45)27(20-24-12-6-4-7-13-24)41-35(46)47-23-25-14-8-5-9-15-25/h4-9,12-15,26-31H,10-11,16-23H2,1-3H3,(H3,39,40)(H,41,46)(H,42,44)/t26-,27+,28-,29-,30+,31+,37-/m0/s1. The number of ether oxygens (including phenoxy) is 1. The zero-order valence-electron chi connectivity index (χ0n) is 29.3. The van der Waals surface area contributed by atoms with Crippen molar-refractivity contribution in [3.8, 4) is 0 Å². The summed E-state index contributed by atoms with van der Waals surface area (Å²) in [6.07, 6.45) is 4.02. The Morgan fingerprint density at radius 3 is 2.44 bits per heavy atom.